The van der Waals surface area contributed by atoms with Crippen molar-refractivity contribution in [3.05, 3.63) is 23.0 Å². The molecule has 3 heteroatoms. The number of carbonyl (C=O) groups excluding carboxylic acids is 1. The minimum atomic E-state index is -0.125. The zero-order valence-corrected chi connectivity index (χ0v) is 18.8. The summed E-state index contributed by atoms with van der Waals surface area (Å²) in [5, 5.41) is 4.49. The van der Waals surface area contributed by atoms with E-state index in [0.717, 1.165) is 48.3 Å². The molecule has 1 heterocycles. The average Bonchev–Trinajstić information content (AvgIpc) is 3.19. The standard InChI is InChI=1S/C26H38N2O/c1-5-28-17(2)19(16-27-28)14-18-15-23-21-10-9-20-8-6-7-12-25(20,3)22(21)11-13-26(23,4)24(18)29/h14,16,20-23H,5-13,15H2,1-4H3/b18-14+/t20-,21-,22+,23+,25-,26-/m0/s1. The number of nitrogens with zero attached hydrogens (tertiary/aromatic N) is 2. The predicted molar refractivity (Wildman–Crippen MR) is 117 cm³/mol. The highest BCUT2D eigenvalue weighted by molar-refractivity contribution is 6.06. The summed E-state index contributed by atoms with van der Waals surface area (Å²) in [6, 6.07) is 0. The maximum Gasteiger partial charge on any atom is 0.165 e. The van der Waals surface area contributed by atoms with Crippen molar-refractivity contribution in [3.8, 4) is 0 Å². The maximum atomic E-state index is 13.6. The van der Waals surface area contributed by atoms with Gasteiger partial charge in [0.05, 0.1) is 6.20 Å². The molecule has 4 fully saturated rings. The number of rotatable bonds is 2. The first-order valence-electron chi connectivity index (χ1n) is 12.2. The van der Waals surface area contributed by atoms with Crippen LogP contribution in [0.25, 0.3) is 6.08 Å². The average molecular weight is 395 g/mol. The molecule has 0 aromatic carbocycles. The topological polar surface area (TPSA) is 34.9 Å². The fraction of sp³-hybridized carbons (Fsp3) is 0.769. The van der Waals surface area contributed by atoms with E-state index < -0.39 is 0 Å². The van der Waals surface area contributed by atoms with Gasteiger partial charge >= 0.3 is 0 Å². The number of Topliss-reactive ketones (excluding diaryl/α,β-unsaturated/α-hetero) is 1. The smallest absolute Gasteiger partial charge is 0.165 e. The predicted octanol–water partition coefficient (Wildman–Crippen LogP) is 6.21. The number of hydrogen-bond donors (Lipinski definition) is 0. The third kappa shape index (κ3) is 2.75. The van der Waals surface area contributed by atoms with Crippen molar-refractivity contribution >= 4 is 11.9 Å². The summed E-state index contributed by atoms with van der Waals surface area (Å²) in [7, 11) is 0. The van der Waals surface area contributed by atoms with Crippen molar-refractivity contribution in [2.24, 2.45) is 34.5 Å². The highest BCUT2D eigenvalue weighted by Crippen LogP contribution is 2.66. The van der Waals surface area contributed by atoms with Crippen LogP contribution >= 0.6 is 0 Å². The Hall–Kier alpha value is -1.38. The van der Waals surface area contributed by atoms with Gasteiger partial charge in [0.15, 0.2) is 5.78 Å². The molecule has 4 saturated carbocycles. The van der Waals surface area contributed by atoms with Gasteiger partial charge in [-0.25, -0.2) is 0 Å². The lowest BCUT2D eigenvalue weighted by Gasteiger charge is -2.59. The Labute approximate surface area is 176 Å². The lowest BCUT2D eigenvalue weighted by molar-refractivity contribution is -0.137. The third-order valence-electron chi connectivity index (χ3n) is 9.99. The fourth-order valence-corrected chi connectivity index (χ4v) is 8.20. The third-order valence-corrected chi connectivity index (χ3v) is 9.99. The van der Waals surface area contributed by atoms with Gasteiger partial charge in [-0.05, 0) is 99.5 Å². The molecular formula is C26H38N2O. The van der Waals surface area contributed by atoms with Gasteiger partial charge in [-0.2, -0.15) is 5.10 Å². The lowest BCUT2D eigenvalue weighted by atomic mass is 9.45. The van der Waals surface area contributed by atoms with Crippen molar-refractivity contribution in [1.82, 2.24) is 9.78 Å². The molecule has 0 amide bonds. The van der Waals surface area contributed by atoms with Crippen LogP contribution in [0, 0.1) is 41.4 Å². The largest absolute Gasteiger partial charge is 0.294 e. The minimum Gasteiger partial charge on any atom is -0.294 e. The number of aryl methyl sites for hydroxylation is 1. The van der Waals surface area contributed by atoms with Gasteiger partial charge in [-0.1, -0.05) is 26.7 Å². The Morgan fingerprint density at radius 3 is 2.72 bits per heavy atom. The number of fused-ring (bicyclic) bond motifs is 5. The molecule has 0 spiro atoms. The second-order valence-electron chi connectivity index (χ2n) is 11.1. The molecule has 0 saturated heterocycles. The highest BCUT2D eigenvalue weighted by Gasteiger charge is 2.60. The van der Waals surface area contributed by atoms with E-state index in [1.807, 2.05) is 10.9 Å². The fourth-order valence-electron chi connectivity index (χ4n) is 8.20. The van der Waals surface area contributed by atoms with Gasteiger partial charge in [0.2, 0.25) is 0 Å². The molecule has 0 unspecified atom stereocenters. The van der Waals surface area contributed by atoms with Crippen molar-refractivity contribution in [3.63, 3.8) is 0 Å². The van der Waals surface area contributed by atoms with E-state index in [0.29, 0.717) is 17.1 Å². The minimum absolute atomic E-state index is 0.125. The van der Waals surface area contributed by atoms with E-state index in [9.17, 15) is 4.79 Å². The second-order valence-corrected chi connectivity index (χ2v) is 11.1. The number of hydrogen-bond acceptors (Lipinski definition) is 2. The Balaban J connectivity index is 1.46. The second kappa shape index (κ2) is 6.82. The Morgan fingerprint density at radius 1 is 1.14 bits per heavy atom. The van der Waals surface area contributed by atoms with E-state index in [1.54, 1.807) is 0 Å². The molecule has 0 radical (unpaired) electrons. The van der Waals surface area contributed by atoms with E-state index in [1.165, 1.54) is 50.6 Å². The van der Waals surface area contributed by atoms with Gasteiger partial charge in [-0.15, -0.1) is 0 Å². The summed E-state index contributed by atoms with van der Waals surface area (Å²) in [4.78, 5) is 13.6. The van der Waals surface area contributed by atoms with E-state index in [-0.39, 0.29) is 5.41 Å². The molecule has 0 aliphatic heterocycles. The lowest BCUT2D eigenvalue weighted by Crippen LogP contribution is -2.52. The Morgan fingerprint density at radius 2 is 1.97 bits per heavy atom. The van der Waals surface area contributed by atoms with Gasteiger partial charge in [0, 0.05) is 23.2 Å². The molecule has 1 aromatic rings. The zero-order valence-electron chi connectivity index (χ0n) is 18.8. The number of ketones is 1. The van der Waals surface area contributed by atoms with Crippen molar-refractivity contribution in [2.45, 2.75) is 92.0 Å². The molecular weight excluding hydrogens is 356 g/mol. The monoisotopic (exact) mass is 394 g/mol. The molecule has 4 aliphatic carbocycles. The first-order chi connectivity index (χ1) is 13.9. The number of carbonyl (C=O) groups is 1. The van der Waals surface area contributed by atoms with E-state index in [4.69, 9.17) is 0 Å². The number of aromatic nitrogens is 2. The molecule has 4 aliphatic rings. The first-order valence-corrected chi connectivity index (χ1v) is 12.2. The molecule has 6 atom stereocenters. The quantitative estimate of drug-likeness (QED) is 0.559. The number of allylic oxidation sites excluding steroid dienone is 1. The first kappa shape index (κ1) is 19.6. The molecule has 29 heavy (non-hydrogen) atoms. The van der Waals surface area contributed by atoms with Crippen LogP contribution in [-0.2, 0) is 11.3 Å². The van der Waals surface area contributed by atoms with E-state index in [2.05, 4.69) is 38.9 Å². The molecule has 0 N–H and O–H groups in total. The Bertz CT molecular complexity index is 851. The van der Waals surface area contributed by atoms with Gasteiger partial charge < -0.3 is 0 Å². The summed E-state index contributed by atoms with van der Waals surface area (Å²) in [6.45, 7) is 10.0. The molecule has 0 bridgehead atoms. The summed E-state index contributed by atoms with van der Waals surface area (Å²) in [5.74, 6) is 3.54. The van der Waals surface area contributed by atoms with Crippen LogP contribution < -0.4 is 0 Å². The molecule has 3 nitrogen and oxygen atoms in total. The van der Waals surface area contributed by atoms with Crippen molar-refractivity contribution in [1.29, 1.82) is 0 Å². The van der Waals surface area contributed by atoms with Crippen LogP contribution in [0.3, 0.4) is 0 Å². The van der Waals surface area contributed by atoms with Crippen molar-refractivity contribution < 1.29 is 4.79 Å². The molecule has 5 rings (SSSR count). The maximum absolute atomic E-state index is 13.6. The van der Waals surface area contributed by atoms with E-state index >= 15 is 0 Å². The van der Waals surface area contributed by atoms with Gasteiger partial charge in [0.1, 0.15) is 0 Å². The van der Waals surface area contributed by atoms with Crippen LogP contribution in [-0.4, -0.2) is 15.6 Å². The SMILES string of the molecule is CCn1ncc(/C=C2\C[C@@H]3[C@H]4CC[C@@H]5CCCC[C@]5(C)[C@@H]4CC[C@]3(C)C2=O)c1C. The highest BCUT2D eigenvalue weighted by atomic mass is 16.1. The van der Waals surface area contributed by atoms with Crippen LogP contribution in [0.4, 0.5) is 0 Å². The van der Waals surface area contributed by atoms with Crippen LogP contribution in [0.5, 0.6) is 0 Å². The summed E-state index contributed by atoms with van der Waals surface area (Å²) < 4.78 is 2.03. The summed E-state index contributed by atoms with van der Waals surface area (Å²) in [5.41, 5.74) is 3.81. The Kier molecular flexibility index (Phi) is 4.60. The normalized spacial score (nSPS) is 43.2. The van der Waals surface area contributed by atoms with Crippen LogP contribution in [0.15, 0.2) is 11.8 Å². The summed E-state index contributed by atoms with van der Waals surface area (Å²) in [6.07, 6.45) is 16.0. The molecule has 158 valence electrons. The van der Waals surface area contributed by atoms with Crippen molar-refractivity contribution in [2.75, 3.05) is 0 Å². The van der Waals surface area contributed by atoms with Crippen LogP contribution in [0.1, 0.15) is 89.8 Å². The van der Waals surface area contributed by atoms with Crippen LogP contribution in [0.2, 0.25) is 0 Å². The summed E-state index contributed by atoms with van der Waals surface area (Å²) >= 11 is 0. The van der Waals surface area contributed by atoms with Gasteiger partial charge in [-0.3, -0.25) is 9.48 Å². The molecule has 1 aromatic heterocycles. The zero-order chi connectivity index (χ0) is 20.4. The van der Waals surface area contributed by atoms with Gasteiger partial charge in [0.25, 0.3) is 0 Å².